The molecule has 5 nitrogen and oxygen atoms in total. The molecule has 4 saturated carbocycles. The standard InChI is InChI=1S/C17H26N2O3/c20-15(18-19-16(21)14-2-1-3-22-14)10-17-7-11-4-12(8-17)6-13(5-11)9-17/h11-14H,1-10H2,(H,18,20)(H,19,21). The van der Waals surface area contributed by atoms with Crippen LogP contribution >= 0.6 is 0 Å². The maximum atomic E-state index is 12.3. The van der Waals surface area contributed by atoms with Gasteiger partial charge in [0.15, 0.2) is 0 Å². The summed E-state index contributed by atoms with van der Waals surface area (Å²) in [6.45, 7) is 0.638. The second-order valence-electron chi connectivity index (χ2n) is 8.13. The van der Waals surface area contributed by atoms with Crippen LogP contribution in [0.15, 0.2) is 0 Å². The van der Waals surface area contributed by atoms with Crippen LogP contribution in [0, 0.1) is 23.2 Å². The van der Waals surface area contributed by atoms with Gasteiger partial charge in [-0.25, -0.2) is 0 Å². The van der Waals surface area contributed by atoms with Gasteiger partial charge in [-0.05, 0) is 74.5 Å². The number of carbonyl (C=O) groups is 2. The van der Waals surface area contributed by atoms with E-state index in [0.29, 0.717) is 13.0 Å². The van der Waals surface area contributed by atoms with E-state index in [1.54, 1.807) is 0 Å². The Morgan fingerprint density at radius 1 is 1.00 bits per heavy atom. The Morgan fingerprint density at radius 2 is 1.64 bits per heavy atom. The molecule has 2 amide bonds. The van der Waals surface area contributed by atoms with Gasteiger partial charge in [-0.1, -0.05) is 0 Å². The summed E-state index contributed by atoms with van der Waals surface area (Å²) >= 11 is 0. The minimum absolute atomic E-state index is 0.0340. The minimum atomic E-state index is -0.389. The van der Waals surface area contributed by atoms with E-state index in [4.69, 9.17) is 4.74 Å². The van der Waals surface area contributed by atoms with Crippen molar-refractivity contribution in [3.63, 3.8) is 0 Å². The normalized spacial score (nSPS) is 42.4. The van der Waals surface area contributed by atoms with E-state index >= 15 is 0 Å². The van der Waals surface area contributed by atoms with E-state index < -0.39 is 0 Å². The summed E-state index contributed by atoms with van der Waals surface area (Å²) in [5, 5.41) is 0. The van der Waals surface area contributed by atoms with E-state index in [1.165, 1.54) is 38.5 Å². The van der Waals surface area contributed by atoms with Crippen LogP contribution in [0.4, 0.5) is 0 Å². The molecule has 122 valence electrons. The van der Waals surface area contributed by atoms with Crippen molar-refractivity contribution in [3.05, 3.63) is 0 Å². The van der Waals surface area contributed by atoms with Gasteiger partial charge in [-0.2, -0.15) is 0 Å². The summed E-state index contributed by atoms with van der Waals surface area (Å²) in [6, 6.07) is 0. The average Bonchev–Trinajstić information content (AvgIpc) is 2.97. The van der Waals surface area contributed by atoms with Crippen molar-refractivity contribution in [2.75, 3.05) is 6.61 Å². The lowest BCUT2D eigenvalue weighted by molar-refractivity contribution is -0.137. The molecule has 0 aromatic carbocycles. The molecule has 4 bridgehead atoms. The highest BCUT2D eigenvalue weighted by Gasteiger charge is 2.51. The lowest BCUT2D eigenvalue weighted by Gasteiger charge is -2.56. The number of nitrogens with one attached hydrogen (secondary N) is 2. The van der Waals surface area contributed by atoms with Crippen molar-refractivity contribution >= 4 is 11.8 Å². The molecule has 1 unspecified atom stereocenters. The van der Waals surface area contributed by atoms with E-state index in [2.05, 4.69) is 10.9 Å². The fraction of sp³-hybridized carbons (Fsp3) is 0.882. The molecule has 5 heteroatoms. The zero-order valence-electron chi connectivity index (χ0n) is 13.1. The Hall–Kier alpha value is -1.10. The van der Waals surface area contributed by atoms with E-state index in [0.717, 1.165) is 30.6 Å². The molecule has 5 rings (SSSR count). The van der Waals surface area contributed by atoms with Gasteiger partial charge in [0.05, 0.1) is 0 Å². The molecular weight excluding hydrogens is 280 g/mol. The van der Waals surface area contributed by atoms with Crippen LogP contribution in [0.1, 0.15) is 57.8 Å². The molecule has 0 radical (unpaired) electrons. The molecule has 1 atom stereocenters. The fourth-order valence-corrected chi connectivity index (χ4v) is 5.89. The van der Waals surface area contributed by atoms with Gasteiger partial charge in [0, 0.05) is 13.0 Å². The van der Waals surface area contributed by atoms with Crippen LogP contribution in [-0.2, 0) is 14.3 Å². The van der Waals surface area contributed by atoms with Crippen molar-refractivity contribution in [2.45, 2.75) is 63.9 Å². The van der Waals surface area contributed by atoms with Gasteiger partial charge >= 0.3 is 0 Å². The fourth-order valence-electron chi connectivity index (χ4n) is 5.89. The summed E-state index contributed by atoms with van der Waals surface area (Å²) in [7, 11) is 0. The topological polar surface area (TPSA) is 67.4 Å². The van der Waals surface area contributed by atoms with Crippen molar-refractivity contribution in [2.24, 2.45) is 23.2 Å². The van der Waals surface area contributed by atoms with E-state index in [9.17, 15) is 9.59 Å². The summed E-state index contributed by atoms with van der Waals surface area (Å²) in [5.41, 5.74) is 5.37. The maximum Gasteiger partial charge on any atom is 0.267 e. The monoisotopic (exact) mass is 306 g/mol. The zero-order chi connectivity index (χ0) is 15.2. The van der Waals surface area contributed by atoms with Gasteiger partial charge < -0.3 is 4.74 Å². The quantitative estimate of drug-likeness (QED) is 0.783. The Morgan fingerprint density at radius 3 is 2.18 bits per heavy atom. The number of rotatable bonds is 3. The average molecular weight is 306 g/mol. The lowest BCUT2D eigenvalue weighted by atomic mass is 9.49. The molecule has 4 aliphatic carbocycles. The first-order valence-electron chi connectivity index (χ1n) is 8.82. The number of hydrogen-bond donors (Lipinski definition) is 2. The Bertz CT molecular complexity index is 435. The summed E-state index contributed by atoms with van der Waals surface area (Å²) in [4.78, 5) is 24.1. The van der Waals surface area contributed by atoms with Crippen LogP contribution in [0.25, 0.3) is 0 Å². The molecule has 1 aliphatic heterocycles. The lowest BCUT2D eigenvalue weighted by Crippen LogP contribution is -2.51. The van der Waals surface area contributed by atoms with Crippen molar-refractivity contribution in [1.29, 1.82) is 0 Å². The smallest absolute Gasteiger partial charge is 0.267 e. The van der Waals surface area contributed by atoms with Crippen LogP contribution in [0.2, 0.25) is 0 Å². The molecule has 1 heterocycles. The molecule has 1 saturated heterocycles. The second-order valence-corrected chi connectivity index (χ2v) is 8.13. The van der Waals surface area contributed by atoms with Crippen molar-refractivity contribution < 1.29 is 14.3 Å². The number of carbonyl (C=O) groups excluding carboxylic acids is 2. The third kappa shape index (κ3) is 2.75. The SMILES string of the molecule is O=C(CC12CC3CC(CC(C3)C1)C2)NNC(=O)C1CCCO1. The summed E-state index contributed by atoms with van der Waals surface area (Å²) in [6.07, 6.45) is 9.65. The predicted molar refractivity (Wildman–Crippen MR) is 80.5 cm³/mol. The maximum absolute atomic E-state index is 12.3. The molecule has 22 heavy (non-hydrogen) atoms. The Kier molecular flexibility index (Phi) is 3.63. The van der Waals surface area contributed by atoms with Crippen LogP contribution < -0.4 is 10.9 Å². The molecule has 5 aliphatic rings. The molecule has 0 aromatic heterocycles. The number of ether oxygens (including phenoxy) is 1. The Balaban J connectivity index is 1.29. The van der Waals surface area contributed by atoms with Crippen LogP contribution in [-0.4, -0.2) is 24.5 Å². The minimum Gasteiger partial charge on any atom is -0.368 e. The second kappa shape index (κ2) is 5.52. The number of hydrazine groups is 1. The summed E-state index contributed by atoms with van der Waals surface area (Å²) < 4.78 is 5.32. The Labute approximate surface area is 131 Å². The first kappa shape index (κ1) is 14.5. The first-order chi connectivity index (χ1) is 10.6. The van der Waals surface area contributed by atoms with E-state index in [1.807, 2.05) is 0 Å². The third-order valence-electron chi connectivity index (χ3n) is 6.25. The number of amides is 2. The highest BCUT2D eigenvalue weighted by atomic mass is 16.5. The predicted octanol–water partition coefficient (Wildman–Crippen LogP) is 1.92. The van der Waals surface area contributed by atoms with Crippen molar-refractivity contribution in [1.82, 2.24) is 10.9 Å². The van der Waals surface area contributed by atoms with E-state index in [-0.39, 0.29) is 23.3 Å². The van der Waals surface area contributed by atoms with Crippen LogP contribution in [0.3, 0.4) is 0 Å². The van der Waals surface area contributed by atoms with Gasteiger partial charge in [0.1, 0.15) is 6.10 Å². The molecule has 0 aromatic rings. The van der Waals surface area contributed by atoms with Gasteiger partial charge in [-0.15, -0.1) is 0 Å². The number of hydrogen-bond acceptors (Lipinski definition) is 3. The highest BCUT2D eigenvalue weighted by Crippen LogP contribution is 2.61. The van der Waals surface area contributed by atoms with Crippen molar-refractivity contribution in [3.8, 4) is 0 Å². The molecule has 0 spiro atoms. The third-order valence-corrected chi connectivity index (χ3v) is 6.25. The zero-order valence-corrected chi connectivity index (χ0v) is 13.1. The first-order valence-corrected chi connectivity index (χ1v) is 8.82. The van der Waals surface area contributed by atoms with Gasteiger partial charge in [0.2, 0.25) is 5.91 Å². The molecule has 2 N–H and O–H groups in total. The molecular formula is C17H26N2O3. The van der Waals surface area contributed by atoms with Gasteiger partial charge in [-0.3, -0.25) is 20.4 Å². The van der Waals surface area contributed by atoms with Gasteiger partial charge in [0.25, 0.3) is 5.91 Å². The van der Waals surface area contributed by atoms with Crippen LogP contribution in [0.5, 0.6) is 0 Å². The largest absolute Gasteiger partial charge is 0.368 e. The highest BCUT2D eigenvalue weighted by molar-refractivity contribution is 5.85. The summed E-state index contributed by atoms with van der Waals surface area (Å²) in [5.74, 6) is 2.30. The molecule has 5 fully saturated rings.